The average Bonchev–Trinajstić information content (AvgIpc) is 3.09. The summed E-state index contributed by atoms with van der Waals surface area (Å²) in [6.07, 6.45) is 1.65. The van der Waals surface area contributed by atoms with Crippen molar-refractivity contribution in [3.05, 3.63) is 68.5 Å². The second-order valence-electron chi connectivity index (χ2n) is 5.31. The monoisotopic (exact) mass is 391 g/mol. The van der Waals surface area contributed by atoms with Crippen LogP contribution >= 0.6 is 22.9 Å². The van der Waals surface area contributed by atoms with Crippen LogP contribution in [-0.4, -0.2) is 27.8 Å². The fourth-order valence-corrected chi connectivity index (χ4v) is 3.03. The van der Waals surface area contributed by atoms with Crippen LogP contribution in [0.2, 0.25) is 5.02 Å². The van der Waals surface area contributed by atoms with E-state index in [2.05, 4.69) is 10.3 Å². The maximum absolute atomic E-state index is 11.9. The lowest BCUT2D eigenvalue weighted by Gasteiger charge is -2.06. The third kappa shape index (κ3) is 4.47. The van der Waals surface area contributed by atoms with E-state index in [1.165, 1.54) is 21.8 Å². The Balaban J connectivity index is 1.45. The normalized spacial score (nSPS) is 10.7. The molecule has 0 aliphatic carbocycles. The number of hydrogen-bond acceptors (Lipinski definition) is 6. The highest BCUT2D eigenvalue weighted by Crippen LogP contribution is 2.09. The molecule has 0 fully saturated rings. The molecule has 0 spiro atoms. The summed E-state index contributed by atoms with van der Waals surface area (Å²) in [7, 11) is 0. The first-order chi connectivity index (χ1) is 12.5. The van der Waals surface area contributed by atoms with Gasteiger partial charge >= 0.3 is 5.97 Å². The fraction of sp³-hybridized carbons (Fsp3) is 0.176. The van der Waals surface area contributed by atoms with Gasteiger partial charge in [-0.3, -0.25) is 18.8 Å². The second-order valence-corrected chi connectivity index (χ2v) is 6.62. The standard InChI is InChI=1S/C17H14ClN3O4S/c18-12-3-1-11(2-4-12)16(24)19-6-5-15(23)25-10-13-9-14(22)21-7-8-26-17(21)20-13/h1-4,7-9H,5-6,10H2,(H,19,24). The van der Waals surface area contributed by atoms with E-state index < -0.39 is 5.97 Å². The third-order valence-electron chi connectivity index (χ3n) is 3.46. The molecule has 0 saturated carbocycles. The van der Waals surface area contributed by atoms with Gasteiger partial charge in [-0.15, -0.1) is 11.3 Å². The van der Waals surface area contributed by atoms with Gasteiger partial charge in [0.1, 0.15) is 6.61 Å². The van der Waals surface area contributed by atoms with E-state index in [-0.39, 0.29) is 31.0 Å². The third-order valence-corrected chi connectivity index (χ3v) is 4.47. The van der Waals surface area contributed by atoms with Gasteiger partial charge in [-0.1, -0.05) is 11.6 Å². The zero-order valence-corrected chi connectivity index (χ0v) is 15.0. The molecule has 0 radical (unpaired) electrons. The number of benzene rings is 1. The molecule has 0 aliphatic heterocycles. The number of nitrogens with one attached hydrogen (secondary N) is 1. The van der Waals surface area contributed by atoms with Crippen molar-refractivity contribution in [3.63, 3.8) is 0 Å². The minimum Gasteiger partial charge on any atom is -0.459 e. The van der Waals surface area contributed by atoms with Crippen LogP contribution < -0.4 is 10.9 Å². The molecule has 7 nitrogen and oxygen atoms in total. The number of fused-ring (bicyclic) bond motifs is 1. The van der Waals surface area contributed by atoms with Gasteiger partial charge in [-0.2, -0.15) is 0 Å². The molecule has 26 heavy (non-hydrogen) atoms. The lowest BCUT2D eigenvalue weighted by Crippen LogP contribution is -2.26. The first kappa shape index (κ1) is 18.1. The highest BCUT2D eigenvalue weighted by atomic mass is 35.5. The zero-order valence-electron chi connectivity index (χ0n) is 13.5. The van der Waals surface area contributed by atoms with Crippen LogP contribution in [0.25, 0.3) is 4.96 Å². The Morgan fingerprint density at radius 3 is 2.81 bits per heavy atom. The van der Waals surface area contributed by atoms with Crippen LogP contribution in [0.4, 0.5) is 0 Å². The number of thiazole rings is 1. The summed E-state index contributed by atoms with van der Waals surface area (Å²) < 4.78 is 6.52. The van der Waals surface area contributed by atoms with Crippen molar-refractivity contribution in [3.8, 4) is 0 Å². The highest BCUT2D eigenvalue weighted by molar-refractivity contribution is 7.15. The van der Waals surface area contributed by atoms with Crippen LogP contribution in [0.15, 0.2) is 46.7 Å². The molecule has 0 bridgehead atoms. The maximum atomic E-state index is 11.9. The number of aromatic nitrogens is 2. The van der Waals surface area contributed by atoms with Gasteiger partial charge in [0.2, 0.25) is 0 Å². The van der Waals surface area contributed by atoms with E-state index in [1.807, 2.05) is 0 Å². The van der Waals surface area contributed by atoms with Gasteiger partial charge in [0, 0.05) is 34.8 Å². The highest BCUT2D eigenvalue weighted by Gasteiger charge is 2.09. The molecule has 1 aromatic carbocycles. The molecule has 9 heteroatoms. The van der Waals surface area contributed by atoms with Crippen LogP contribution in [-0.2, 0) is 16.1 Å². The SMILES string of the molecule is O=C(CCNC(=O)c1ccc(Cl)cc1)OCc1cc(=O)n2ccsc2n1. The van der Waals surface area contributed by atoms with Crippen molar-refractivity contribution >= 4 is 39.8 Å². The Kier molecular flexibility index (Phi) is 5.65. The fourth-order valence-electron chi connectivity index (χ4n) is 2.17. The first-order valence-electron chi connectivity index (χ1n) is 7.68. The van der Waals surface area contributed by atoms with Crippen LogP contribution in [0, 0.1) is 0 Å². The Morgan fingerprint density at radius 1 is 1.27 bits per heavy atom. The summed E-state index contributed by atoms with van der Waals surface area (Å²) in [5.41, 5.74) is 0.616. The molecule has 0 saturated heterocycles. The summed E-state index contributed by atoms with van der Waals surface area (Å²) in [4.78, 5) is 40.3. The maximum Gasteiger partial charge on any atom is 0.307 e. The van der Waals surface area contributed by atoms with Gasteiger partial charge in [-0.25, -0.2) is 4.98 Å². The van der Waals surface area contributed by atoms with Crippen molar-refractivity contribution in [2.45, 2.75) is 13.0 Å². The van der Waals surface area contributed by atoms with Crippen molar-refractivity contribution in [1.29, 1.82) is 0 Å². The van der Waals surface area contributed by atoms with E-state index in [0.29, 0.717) is 21.2 Å². The molecule has 1 amide bonds. The molecular formula is C17H14ClN3O4S. The van der Waals surface area contributed by atoms with Gasteiger partial charge < -0.3 is 10.1 Å². The second kappa shape index (κ2) is 8.11. The minimum atomic E-state index is -0.491. The van der Waals surface area contributed by atoms with E-state index in [1.54, 1.807) is 35.8 Å². The Labute approximate surface area is 157 Å². The van der Waals surface area contributed by atoms with Gasteiger partial charge in [0.15, 0.2) is 4.96 Å². The quantitative estimate of drug-likeness (QED) is 0.651. The Hall–Kier alpha value is -2.71. The topological polar surface area (TPSA) is 89.8 Å². The molecule has 0 atom stereocenters. The van der Waals surface area contributed by atoms with Gasteiger partial charge in [0.25, 0.3) is 11.5 Å². The van der Waals surface area contributed by atoms with E-state index in [4.69, 9.17) is 16.3 Å². The predicted molar refractivity (Wildman–Crippen MR) is 97.5 cm³/mol. The number of nitrogens with zero attached hydrogens (tertiary/aromatic N) is 2. The van der Waals surface area contributed by atoms with Gasteiger partial charge in [0.05, 0.1) is 12.1 Å². The van der Waals surface area contributed by atoms with Crippen LogP contribution in [0.3, 0.4) is 0 Å². The molecule has 0 aliphatic rings. The van der Waals surface area contributed by atoms with E-state index in [9.17, 15) is 14.4 Å². The molecule has 3 aromatic rings. The summed E-state index contributed by atoms with van der Waals surface area (Å²) in [5, 5.41) is 4.92. The molecule has 2 aromatic heterocycles. The van der Waals surface area contributed by atoms with Crippen LogP contribution in [0.5, 0.6) is 0 Å². The smallest absolute Gasteiger partial charge is 0.307 e. The lowest BCUT2D eigenvalue weighted by molar-refractivity contribution is -0.144. The largest absolute Gasteiger partial charge is 0.459 e. The predicted octanol–water partition coefficient (Wildman–Crippen LogP) is 2.27. The van der Waals surface area contributed by atoms with Gasteiger partial charge in [-0.05, 0) is 24.3 Å². The molecule has 3 rings (SSSR count). The van der Waals surface area contributed by atoms with Crippen molar-refractivity contribution in [1.82, 2.24) is 14.7 Å². The van der Waals surface area contributed by atoms with Crippen molar-refractivity contribution in [2.24, 2.45) is 0 Å². The molecule has 1 N–H and O–H groups in total. The number of hydrogen-bond donors (Lipinski definition) is 1. The lowest BCUT2D eigenvalue weighted by atomic mass is 10.2. The number of rotatable bonds is 6. The number of halogens is 1. The number of carbonyl (C=O) groups is 2. The average molecular weight is 392 g/mol. The first-order valence-corrected chi connectivity index (χ1v) is 8.94. The molecule has 2 heterocycles. The Morgan fingerprint density at radius 2 is 2.04 bits per heavy atom. The summed E-state index contributed by atoms with van der Waals surface area (Å²) in [6.45, 7) is 0.0495. The molecule has 134 valence electrons. The summed E-state index contributed by atoms with van der Waals surface area (Å²) >= 11 is 7.09. The van der Waals surface area contributed by atoms with Crippen molar-refractivity contribution < 1.29 is 14.3 Å². The minimum absolute atomic E-state index is 0.0135. The number of ether oxygens (including phenoxy) is 1. The van der Waals surface area contributed by atoms with E-state index >= 15 is 0 Å². The van der Waals surface area contributed by atoms with Crippen LogP contribution in [0.1, 0.15) is 22.5 Å². The zero-order chi connectivity index (χ0) is 18.5. The molecular weight excluding hydrogens is 378 g/mol. The molecule has 0 unspecified atom stereocenters. The van der Waals surface area contributed by atoms with Crippen molar-refractivity contribution in [2.75, 3.05) is 6.54 Å². The summed E-state index contributed by atoms with van der Waals surface area (Å²) in [6, 6.07) is 7.76. The van der Waals surface area contributed by atoms with E-state index in [0.717, 1.165) is 0 Å². The number of amides is 1. The number of esters is 1. The summed E-state index contributed by atoms with van der Waals surface area (Å²) in [5.74, 6) is -0.790. The Bertz CT molecular complexity index is 997. The number of carbonyl (C=O) groups excluding carboxylic acids is 2.